The summed E-state index contributed by atoms with van der Waals surface area (Å²) in [5.74, 6) is 0.168. The van der Waals surface area contributed by atoms with E-state index in [1.165, 1.54) is 6.42 Å². The van der Waals surface area contributed by atoms with E-state index in [1.807, 2.05) is 25.1 Å². The summed E-state index contributed by atoms with van der Waals surface area (Å²) >= 11 is 0. The lowest BCUT2D eigenvalue weighted by Gasteiger charge is -2.31. The molecule has 1 aliphatic heterocycles. The largest absolute Gasteiger partial charge is 0.326 e. The van der Waals surface area contributed by atoms with Crippen LogP contribution in [0.25, 0.3) is 0 Å². The molecular formula is C17H22N2O2. The van der Waals surface area contributed by atoms with E-state index in [-0.39, 0.29) is 17.2 Å². The zero-order chi connectivity index (χ0) is 14.9. The van der Waals surface area contributed by atoms with Crippen LogP contribution in [0.15, 0.2) is 18.2 Å². The van der Waals surface area contributed by atoms with Crippen LogP contribution in [0.4, 0.5) is 11.4 Å². The standard InChI is InChI=1S/C17H22N2O2/c1-2-6-15(20)18-12-7-8-14-13(11-12)17(16(21)19-14)9-4-3-5-10-17/h7-8,11H,2-6,9-10H2,1H3,(H,18,20)(H,19,21). The van der Waals surface area contributed by atoms with Crippen molar-refractivity contribution in [1.82, 2.24) is 0 Å². The minimum absolute atomic E-state index is 0.0347. The van der Waals surface area contributed by atoms with E-state index in [2.05, 4.69) is 10.6 Å². The molecular weight excluding hydrogens is 264 g/mol. The van der Waals surface area contributed by atoms with Gasteiger partial charge in [0.15, 0.2) is 0 Å². The number of hydrogen-bond acceptors (Lipinski definition) is 2. The van der Waals surface area contributed by atoms with Gasteiger partial charge in [-0.25, -0.2) is 0 Å². The third-order valence-corrected chi connectivity index (χ3v) is 4.69. The number of hydrogen-bond donors (Lipinski definition) is 2. The Hall–Kier alpha value is -1.84. The van der Waals surface area contributed by atoms with Gasteiger partial charge in [-0.05, 0) is 43.0 Å². The van der Waals surface area contributed by atoms with Crippen LogP contribution in [0.5, 0.6) is 0 Å². The van der Waals surface area contributed by atoms with E-state index < -0.39 is 0 Å². The summed E-state index contributed by atoms with van der Waals surface area (Å²) in [4.78, 5) is 24.2. The normalized spacial score (nSPS) is 19.2. The first-order valence-corrected chi connectivity index (χ1v) is 7.91. The van der Waals surface area contributed by atoms with Crippen molar-refractivity contribution in [3.8, 4) is 0 Å². The van der Waals surface area contributed by atoms with Crippen LogP contribution < -0.4 is 10.6 Å². The average molecular weight is 286 g/mol. The summed E-state index contributed by atoms with van der Waals surface area (Å²) in [6.45, 7) is 1.99. The van der Waals surface area contributed by atoms with Crippen LogP contribution in [0.2, 0.25) is 0 Å². The molecule has 3 rings (SSSR count). The van der Waals surface area contributed by atoms with Gasteiger partial charge in [-0.3, -0.25) is 9.59 Å². The Balaban J connectivity index is 1.90. The highest BCUT2D eigenvalue weighted by atomic mass is 16.2. The number of amides is 2. The van der Waals surface area contributed by atoms with Gasteiger partial charge in [0.05, 0.1) is 5.41 Å². The maximum absolute atomic E-state index is 12.4. The van der Waals surface area contributed by atoms with Crippen molar-refractivity contribution in [3.05, 3.63) is 23.8 Å². The van der Waals surface area contributed by atoms with Gasteiger partial charge < -0.3 is 10.6 Å². The highest BCUT2D eigenvalue weighted by molar-refractivity contribution is 6.07. The molecule has 0 atom stereocenters. The van der Waals surface area contributed by atoms with Crippen molar-refractivity contribution in [2.45, 2.75) is 57.3 Å². The van der Waals surface area contributed by atoms with E-state index >= 15 is 0 Å². The SMILES string of the molecule is CCCC(=O)Nc1ccc2c(c1)C1(CCCCC1)C(=O)N2. The van der Waals surface area contributed by atoms with Crippen molar-refractivity contribution >= 4 is 23.2 Å². The molecule has 112 valence electrons. The predicted molar refractivity (Wildman–Crippen MR) is 83.4 cm³/mol. The maximum atomic E-state index is 12.4. The second-order valence-electron chi connectivity index (χ2n) is 6.16. The molecule has 1 fully saturated rings. The smallest absolute Gasteiger partial charge is 0.235 e. The molecule has 1 aromatic carbocycles. The summed E-state index contributed by atoms with van der Waals surface area (Å²) in [6, 6.07) is 5.78. The summed E-state index contributed by atoms with van der Waals surface area (Å²) in [6.07, 6.45) is 6.59. The topological polar surface area (TPSA) is 58.2 Å². The van der Waals surface area contributed by atoms with Crippen LogP contribution in [-0.2, 0) is 15.0 Å². The minimum Gasteiger partial charge on any atom is -0.326 e. The highest BCUT2D eigenvalue weighted by Gasteiger charge is 2.47. The average Bonchev–Trinajstić information content (AvgIpc) is 2.73. The summed E-state index contributed by atoms with van der Waals surface area (Å²) in [5.41, 5.74) is 2.42. The maximum Gasteiger partial charge on any atom is 0.235 e. The number of carbonyl (C=O) groups is 2. The van der Waals surface area contributed by atoms with Crippen molar-refractivity contribution < 1.29 is 9.59 Å². The van der Waals surface area contributed by atoms with Crippen molar-refractivity contribution in [1.29, 1.82) is 0 Å². The first-order chi connectivity index (χ1) is 10.2. The van der Waals surface area contributed by atoms with Gasteiger partial charge in [-0.1, -0.05) is 26.2 Å². The number of fused-ring (bicyclic) bond motifs is 2. The van der Waals surface area contributed by atoms with Gasteiger partial charge in [0.1, 0.15) is 0 Å². The van der Waals surface area contributed by atoms with E-state index in [1.54, 1.807) is 0 Å². The molecule has 0 radical (unpaired) electrons. The number of anilines is 2. The zero-order valence-electron chi connectivity index (χ0n) is 12.5. The molecule has 1 saturated carbocycles. The third-order valence-electron chi connectivity index (χ3n) is 4.69. The lowest BCUT2D eigenvalue weighted by atomic mass is 9.70. The Morgan fingerprint density at radius 3 is 2.76 bits per heavy atom. The molecule has 2 aliphatic rings. The Morgan fingerprint density at radius 1 is 1.29 bits per heavy atom. The molecule has 1 spiro atoms. The van der Waals surface area contributed by atoms with Gasteiger partial charge in [-0.2, -0.15) is 0 Å². The van der Waals surface area contributed by atoms with E-state index in [4.69, 9.17) is 0 Å². The fourth-order valence-corrected chi connectivity index (χ4v) is 3.59. The minimum atomic E-state index is -0.362. The molecule has 1 aromatic rings. The molecule has 1 heterocycles. The van der Waals surface area contributed by atoms with E-state index in [9.17, 15) is 9.59 Å². The van der Waals surface area contributed by atoms with E-state index in [0.717, 1.165) is 49.0 Å². The zero-order valence-corrected chi connectivity index (χ0v) is 12.5. The van der Waals surface area contributed by atoms with Crippen LogP contribution in [0.3, 0.4) is 0 Å². The third kappa shape index (κ3) is 2.43. The fourth-order valence-electron chi connectivity index (χ4n) is 3.59. The van der Waals surface area contributed by atoms with Gasteiger partial charge in [0.25, 0.3) is 0 Å². The van der Waals surface area contributed by atoms with Crippen LogP contribution in [0, 0.1) is 0 Å². The molecule has 0 aromatic heterocycles. The molecule has 21 heavy (non-hydrogen) atoms. The van der Waals surface area contributed by atoms with Crippen LogP contribution in [0.1, 0.15) is 57.4 Å². The number of benzene rings is 1. The van der Waals surface area contributed by atoms with Crippen LogP contribution in [-0.4, -0.2) is 11.8 Å². The molecule has 0 saturated heterocycles. The predicted octanol–water partition coefficient (Wildman–Crippen LogP) is 3.58. The van der Waals surface area contributed by atoms with Crippen molar-refractivity contribution in [3.63, 3.8) is 0 Å². The fraction of sp³-hybridized carbons (Fsp3) is 0.529. The first-order valence-electron chi connectivity index (χ1n) is 7.91. The van der Waals surface area contributed by atoms with Gasteiger partial charge in [0.2, 0.25) is 11.8 Å². The molecule has 1 aliphatic carbocycles. The molecule has 2 N–H and O–H groups in total. The number of nitrogens with one attached hydrogen (secondary N) is 2. The van der Waals surface area contributed by atoms with Crippen molar-refractivity contribution in [2.24, 2.45) is 0 Å². The highest BCUT2D eigenvalue weighted by Crippen LogP contribution is 2.48. The van der Waals surface area contributed by atoms with Crippen molar-refractivity contribution in [2.75, 3.05) is 10.6 Å². The van der Waals surface area contributed by atoms with Gasteiger partial charge in [-0.15, -0.1) is 0 Å². The molecule has 4 nitrogen and oxygen atoms in total. The second kappa shape index (κ2) is 5.51. The number of carbonyl (C=O) groups excluding carboxylic acids is 2. The quantitative estimate of drug-likeness (QED) is 0.892. The summed E-state index contributed by atoms with van der Waals surface area (Å²) in [7, 11) is 0. The first kappa shape index (κ1) is 14.1. The molecule has 4 heteroatoms. The lowest BCUT2D eigenvalue weighted by molar-refractivity contribution is -0.122. The van der Waals surface area contributed by atoms with Crippen LogP contribution >= 0.6 is 0 Å². The van der Waals surface area contributed by atoms with Gasteiger partial charge in [0, 0.05) is 17.8 Å². The Morgan fingerprint density at radius 2 is 2.05 bits per heavy atom. The lowest BCUT2D eigenvalue weighted by Crippen LogP contribution is -2.36. The second-order valence-corrected chi connectivity index (χ2v) is 6.16. The molecule has 2 amide bonds. The monoisotopic (exact) mass is 286 g/mol. The summed E-state index contributed by atoms with van der Waals surface area (Å²) < 4.78 is 0. The molecule has 0 bridgehead atoms. The number of rotatable bonds is 3. The van der Waals surface area contributed by atoms with Gasteiger partial charge >= 0.3 is 0 Å². The molecule has 0 unspecified atom stereocenters. The Kier molecular flexibility index (Phi) is 3.70. The summed E-state index contributed by atoms with van der Waals surface area (Å²) in [5, 5.41) is 5.94. The Bertz CT molecular complexity index is 574. The Labute approximate surface area is 125 Å². The van der Waals surface area contributed by atoms with E-state index in [0.29, 0.717) is 6.42 Å².